The van der Waals surface area contributed by atoms with Crippen molar-refractivity contribution in [2.75, 3.05) is 27.3 Å². The summed E-state index contributed by atoms with van der Waals surface area (Å²) in [6, 6.07) is 5.73. The summed E-state index contributed by atoms with van der Waals surface area (Å²) in [4.78, 5) is 14.6. The van der Waals surface area contributed by atoms with Crippen LogP contribution in [0.25, 0.3) is 0 Å². The van der Waals surface area contributed by atoms with Crippen molar-refractivity contribution >= 4 is 5.91 Å². The molecule has 3 heterocycles. The van der Waals surface area contributed by atoms with Crippen molar-refractivity contribution in [1.82, 2.24) is 19.9 Å². The number of fused-ring (bicyclic) bond motifs is 3. The normalized spacial score (nSPS) is 21.7. The minimum absolute atomic E-state index is 0.0349. The second-order valence-electron chi connectivity index (χ2n) is 6.58. The number of nitrogens with zero attached hydrogens (tertiary/aromatic N) is 4. The van der Waals surface area contributed by atoms with Gasteiger partial charge in [0.05, 0.1) is 51.3 Å². The first-order valence-corrected chi connectivity index (χ1v) is 8.69. The molecule has 0 unspecified atom stereocenters. The summed E-state index contributed by atoms with van der Waals surface area (Å²) >= 11 is 0. The molecule has 0 N–H and O–H groups in total. The first-order chi connectivity index (χ1) is 12.7. The minimum Gasteiger partial charge on any atom is -0.493 e. The Kier molecular flexibility index (Phi) is 4.50. The molecule has 1 amide bonds. The predicted octanol–water partition coefficient (Wildman–Crippen LogP) is 1.21. The van der Waals surface area contributed by atoms with Gasteiger partial charge in [-0.25, -0.2) is 4.68 Å². The van der Waals surface area contributed by atoms with Gasteiger partial charge in [0.25, 0.3) is 0 Å². The van der Waals surface area contributed by atoms with Crippen molar-refractivity contribution in [2.45, 2.75) is 31.6 Å². The van der Waals surface area contributed by atoms with Crippen LogP contribution >= 0.6 is 0 Å². The average Bonchev–Trinajstić information content (AvgIpc) is 3.16. The highest BCUT2D eigenvalue weighted by Gasteiger charge is 2.37. The van der Waals surface area contributed by atoms with Gasteiger partial charge in [-0.05, 0) is 24.1 Å². The summed E-state index contributed by atoms with van der Waals surface area (Å²) in [6.45, 7) is 1.76. The molecule has 1 fully saturated rings. The summed E-state index contributed by atoms with van der Waals surface area (Å²) < 4.78 is 18.4. The molecule has 26 heavy (non-hydrogen) atoms. The molecule has 0 spiro atoms. The van der Waals surface area contributed by atoms with E-state index in [0.717, 1.165) is 17.7 Å². The molecule has 4 rings (SSSR count). The molecule has 2 atom stereocenters. The van der Waals surface area contributed by atoms with Crippen molar-refractivity contribution in [2.24, 2.45) is 0 Å². The monoisotopic (exact) mass is 358 g/mol. The van der Waals surface area contributed by atoms with Crippen LogP contribution in [0.2, 0.25) is 0 Å². The molecule has 0 saturated carbocycles. The summed E-state index contributed by atoms with van der Waals surface area (Å²) in [6.07, 6.45) is 2.85. The fourth-order valence-corrected chi connectivity index (χ4v) is 3.69. The molecule has 0 bridgehead atoms. The molecule has 0 aliphatic carbocycles. The molecule has 138 valence electrons. The Labute approximate surface area is 151 Å². The van der Waals surface area contributed by atoms with Crippen LogP contribution in [0.5, 0.6) is 11.5 Å². The number of aromatic nitrogens is 3. The average molecular weight is 358 g/mol. The van der Waals surface area contributed by atoms with Crippen LogP contribution in [0, 0.1) is 0 Å². The third kappa shape index (κ3) is 3.01. The van der Waals surface area contributed by atoms with Crippen molar-refractivity contribution in [3.8, 4) is 11.5 Å². The van der Waals surface area contributed by atoms with Crippen LogP contribution in [0.3, 0.4) is 0 Å². The molecule has 8 nitrogen and oxygen atoms in total. The molecule has 8 heteroatoms. The quantitative estimate of drug-likeness (QED) is 0.817. The predicted molar refractivity (Wildman–Crippen MR) is 92.1 cm³/mol. The zero-order chi connectivity index (χ0) is 18.1. The molecule has 1 saturated heterocycles. The number of likely N-dealkylation sites (tertiary alicyclic amines) is 1. The zero-order valence-corrected chi connectivity index (χ0v) is 14.9. The summed E-state index contributed by atoms with van der Waals surface area (Å²) in [5.41, 5.74) is 1.90. The first kappa shape index (κ1) is 16.8. The van der Waals surface area contributed by atoms with Crippen molar-refractivity contribution in [1.29, 1.82) is 0 Å². The van der Waals surface area contributed by atoms with Gasteiger partial charge in [0, 0.05) is 13.1 Å². The van der Waals surface area contributed by atoms with E-state index in [2.05, 4.69) is 10.3 Å². The van der Waals surface area contributed by atoms with Gasteiger partial charge in [0.15, 0.2) is 11.5 Å². The van der Waals surface area contributed by atoms with E-state index in [4.69, 9.17) is 14.2 Å². The van der Waals surface area contributed by atoms with E-state index >= 15 is 0 Å². The maximum absolute atomic E-state index is 12.8. The summed E-state index contributed by atoms with van der Waals surface area (Å²) in [7, 11) is 3.19. The standard InChI is InChI=1S/C18H22N4O4/c1-24-15-4-3-12(7-16(15)25-2)8-18(23)21-6-5-14-17(10-21)26-11-13-9-19-20-22(13)14/h3-4,7,9,14,17H,5-6,8,10-11H2,1-2H3/t14-,17-/m0/s1. The number of carbonyl (C=O) groups is 1. The van der Waals surface area contributed by atoms with Gasteiger partial charge in [-0.2, -0.15) is 0 Å². The van der Waals surface area contributed by atoms with Crippen molar-refractivity contribution < 1.29 is 19.0 Å². The Balaban J connectivity index is 1.42. The van der Waals surface area contributed by atoms with Crippen LogP contribution in [0.4, 0.5) is 0 Å². The summed E-state index contributed by atoms with van der Waals surface area (Å²) in [5.74, 6) is 1.37. The maximum atomic E-state index is 12.8. The number of hydrogen-bond donors (Lipinski definition) is 0. The van der Waals surface area contributed by atoms with Crippen LogP contribution < -0.4 is 9.47 Å². The third-order valence-electron chi connectivity index (χ3n) is 5.09. The fourth-order valence-electron chi connectivity index (χ4n) is 3.69. The van der Waals surface area contributed by atoms with Gasteiger partial charge < -0.3 is 19.1 Å². The van der Waals surface area contributed by atoms with Crippen LogP contribution in [-0.4, -0.2) is 59.2 Å². The van der Waals surface area contributed by atoms with Gasteiger partial charge in [0.1, 0.15) is 0 Å². The van der Waals surface area contributed by atoms with E-state index in [1.807, 2.05) is 27.8 Å². The molecular formula is C18H22N4O4. The lowest BCUT2D eigenvalue weighted by Gasteiger charge is -2.41. The Hall–Kier alpha value is -2.61. The zero-order valence-electron chi connectivity index (χ0n) is 14.9. The number of piperidine rings is 1. The molecule has 1 aromatic heterocycles. The van der Waals surface area contributed by atoms with Crippen LogP contribution in [0.15, 0.2) is 24.4 Å². The molecule has 2 aliphatic heterocycles. The second-order valence-corrected chi connectivity index (χ2v) is 6.58. The number of amides is 1. The number of methoxy groups -OCH3 is 2. The number of rotatable bonds is 4. The maximum Gasteiger partial charge on any atom is 0.227 e. The summed E-state index contributed by atoms with van der Waals surface area (Å²) in [5, 5.41) is 8.14. The molecular weight excluding hydrogens is 336 g/mol. The van der Waals surface area contributed by atoms with E-state index in [0.29, 0.717) is 37.6 Å². The Morgan fingerprint density at radius 3 is 2.96 bits per heavy atom. The van der Waals surface area contributed by atoms with Gasteiger partial charge in [-0.15, -0.1) is 5.10 Å². The second kappa shape index (κ2) is 6.95. The molecule has 2 aromatic rings. The van der Waals surface area contributed by atoms with Crippen LogP contribution in [-0.2, 0) is 22.6 Å². The van der Waals surface area contributed by atoms with Crippen LogP contribution in [0.1, 0.15) is 23.7 Å². The highest BCUT2D eigenvalue weighted by molar-refractivity contribution is 5.79. The number of benzene rings is 1. The lowest BCUT2D eigenvalue weighted by atomic mass is 9.99. The Bertz CT molecular complexity index is 806. The Morgan fingerprint density at radius 2 is 2.15 bits per heavy atom. The van der Waals surface area contributed by atoms with Crippen molar-refractivity contribution in [3.63, 3.8) is 0 Å². The van der Waals surface area contributed by atoms with E-state index in [9.17, 15) is 4.79 Å². The molecule has 1 aromatic carbocycles. The number of ether oxygens (including phenoxy) is 3. The topological polar surface area (TPSA) is 78.7 Å². The van der Waals surface area contributed by atoms with E-state index < -0.39 is 0 Å². The lowest BCUT2D eigenvalue weighted by molar-refractivity contribution is -0.138. The van der Waals surface area contributed by atoms with Crippen molar-refractivity contribution in [3.05, 3.63) is 35.7 Å². The van der Waals surface area contributed by atoms with E-state index in [1.54, 1.807) is 20.4 Å². The highest BCUT2D eigenvalue weighted by Crippen LogP contribution is 2.31. The number of carbonyl (C=O) groups excluding carboxylic acids is 1. The van der Waals surface area contributed by atoms with E-state index in [1.165, 1.54) is 0 Å². The SMILES string of the molecule is COc1ccc(CC(=O)N2CC[C@H]3[C@H](C2)OCc2cnnn23)cc1OC. The number of hydrogen-bond acceptors (Lipinski definition) is 6. The minimum atomic E-state index is -0.0349. The third-order valence-corrected chi connectivity index (χ3v) is 5.09. The fraction of sp³-hybridized carbons (Fsp3) is 0.500. The van der Waals surface area contributed by atoms with Gasteiger partial charge >= 0.3 is 0 Å². The van der Waals surface area contributed by atoms with Gasteiger partial charge in [-0.3, -0.25) is 4.79 Å². The lowest BCUT2D eigenvalue weighted by Crippen LogP contribution is -2.50. The van der Waals surface area contributed by atoms with E-state index in [-0.39, 0.29) is 18.1 Å². The largest absolute Gasteiger partial charge is 0.493 e. The molecule has 0 radical (unpaired) electrons. The van der Waals surface area contributed by atoms with Gasteiger partial charge in [0.2, 0.25) is 5.91 Å². The Morgan fingerprint density at radius 1 is 1.31 bits per heavy atom. The van der Waals surface area contributed by atoms with Gasteiger partial charge in [-0.1, -0.05) is 11.3 Å². The highest BCUT2D eigenvalue weighted by atomic mass is 16.5. The smallest absolute Gasteiger partial charge is 0.227 e. The first-order valence-electron chi connectivity index (χ1n) is 8.69. The molecule has 2 aliphatic rings.